The van der Waals surface area contributed by atoms with Crippen molar-refractivity contribution in [2.45, 2.75) is 12.5 Å². The van der Waals surface area contributed by atoms with E-state index >= 15 is 0 Å². The number of fused-ring (bicyclic) bond motifs is 1. The maximum Gasteiger partial charge on any atom is 0.144 e. The maximum atomic E-state index is 11.1. The first-order chi connectivity index (χ1) is 16.6. The molecule has 0 saturated carbocycles. The first kappa shape index (κ1) is 21.6. The van der Waals surface area contributed by atoms with Crippen molar-refractivity contribution in [2.24, 2.45) is 5.10 Å². The van der Waals surface area contributed by atoms with Crippen LogP contribution in [0.3, 0.4) is 0 Å². The van der Waals surface area contributed by atoms with Crippen LogP contribution in [0, 0.1) is 0 Å². The van der Waals surface area contributed by atoms with E-state index < -0.39 is 0 Å². The Morgan fingerprint density at radius 3 is 2.26 bits per heavy atom. The lowest BCUT2D eigenvalue weighted by atomic mass is 9.95. The molecule has 0 aliphatic carbocycles. The van der Waals surface area contributed by atoms with Gasteiger partial charge in [0.05, 0.1) is 33.1 Å². The second-order valence-electron chi connectivity index (χ2n) is 8.11. The Morgan fingerprint density at radius 1 is 0.824 bits per heavy atom. The van der Waals surface area contributed by atoms with Crippen LogP contribution in [-0.4, -0.2) is 32.1 Å². The molecule has 1 N–H and O–H groups in total. The summed E-state index contributed by atoms with van der Waals surface area (Å²) in [6, 6.07) is 25.2. The number of hydrogen-bond donors (Lipinski definition) is 1. The summed E-state index contributed by atoms with van der Waals surface area (Å²) in [6.45, 7) is 0. The number of benzene rings is 4. The molecular formula is C28H26N2O4. The molecule has 0 aromatic heterocycles. The largest absolute Gasteiger partial charge is 0.507 e. The minimum Gasteiger partial charge on any atom is -0.507 e. The molecule has 5 rings (SSSR count). The second kappa shape index (κ2) is 8.98. The molecule has 1 aliphatic rings. The normalized spacial score (nSPS) is 15.3. The molecule has 1 heterocycles. The summed E-state index contributed by atoms with van der Waals surface area (Å²) in [7, 11) is 4.93. The molecule has 0 saturated heterocycles. The van der Waals surface area contributed by atoms with Crippen LogP contribution in [0.5, 0.6) is 23.0 Å². The molecule has 6 nitrogen and oxygen atoms in total. The van der Waals surface area contributed by atoms with Gasteiger partial charge in [-0.2, -0.15) is 5.10 Å². The van der Waals surface area contributed by atoms with E-state index in [1.807, 2.05) is 83.9 Å². The van der Waals surface area contributed by atoms with E-state index in [-0.39, 0.29) is 11.8 Å². The third-order valence-electron chi connectivity index (χ3n) is 6.21. The Morgan fingerprint density at radius 2 is 1.53 bits per heavy atom. The average molecular weight is 455 g/mol. The van der Waals surface area contributed by atoms with Gasteiger partial charge < -0.3 is 19.3 Å². The number of phenolic OH excluding ortho intramolecular Hbond substituents is 1. The molecule has 0 amide bonds. The Balaban J connectivity index is 1.65. The summed E-state index contributed by atoms with van der Waals surface area (Å²) in [5, 5.41) is 19.9. The van der Waals surface area contributed by atoms with Gasteiger partial charge in [-0.15, -0.1) is 0 Å². The zero-order valence-corrected chi connectivity index (χ0v) is 19.4. The molecule has 34 heavy (non-hydrogen) atoms. The van der Waals surface area contributed by atoms with E-state index in [2.05, 4.69) is 0 Å². The minimum atomic E-state index is -0.152. The fourth-order valence-electron chi connectivity index (χ4n) is 4.48. The predicted octanol–water partition coefficient (Wildman–Crippen LogP) is 5.93. The fourth-order valence-corrected chi connectivity index (χ4v) is 4.48. The summed E-state index contributed by atoms with van der Waals surface area (Å²) < 4.78 is 16.7. The molecule has 1 atom stereocenters. The molecule has 6 heteroatoms. The van der Waals surface area contributed by atoms with Crippen molar-refractivity contribution in [2.75, 3.05) is 26.3 Å². The number of phenols is 1. The highest BCUT2D eigenvalue weighted by molar-refractivity contribution is 6.09. The van der Waals surface area contributed by atoms with Crippen LogP contribution in [0.15, 0.2) is 84.0 Å². The first-order valence-electron chi connectivity index (χ1n) is 11.1. The highest BCUT2D eigenvalue weighted by Gasteiger charge is 2.33. The van der Waals surface area contributed by atoms with Crippen LogP contribution in [0.1, 0.15) is 23.6 Å². The van der Waals surface area contributed by atoms with Crippen LogP contribution in [0.2, 0.25) is 0 Å². The molecule has 0 fully saturated rings. The summed E-state index contributed by atoms with van der Waals surface area (Å²) >= 11 is 0. The lowest BCUT2D eigenvalue weighted by molar-refractivity contribution is 0.392. The zero-order valence-electron chi connectivity index (χ0n) is 19.4. The Bertz CT molecular complexity index is 1360. The quantitative estimate of drug-likeness (QED) is 0.391. The maximum absolute atomic E-state index is 11.1. The smallest absolute Gasteiger partial charge is 0.144 e. The van der Waals surface area contributed by atoms with Crippen LogP contribution >= 0.6 is 0 Å². The third kappa shape index (κ3) is 3.77. The summed E-state index contributed by atoms with van der Waals surface area (Å²) in [5.41, 5.74) is 3.34. The number of para-hydroxylation sites is 2. The SMILES string of the molecule is COc1cc(OC)cc(C2CC(c3ccc4ccccc4c3O)=NN2c2ccccc2OC)c1. The van der Waals surface area contributed by atoms with Crippen molar-refractivity contribution >= 4 is 22.2 Å². The van der Waals surface area contributed by atoms with Gasteiger partial charge in [0, 0.05) is 23.4 Å². The summed E-state index contributed by atoms with van der Waals surface area (Å²) in [4.78, 5) is 0. The molecule has 4 aromatic rings. The summed E-state index contributed by atoms with van der Waals surface area (Å²) in [6.07, 6.45) is 0.584. The van der Waals surface area contributed by atoms with E-state index in [1.165, 1.54) is 0 Å². The number of methoxy groups -OCH3 is 3. The van der Waals surface area contributed by atoms with Crippen molar-refractivity contribution in [1.29, 1.82) is 0 Å². The van der Waals surface area contributed by atoms with Crippen LogP contribution in [0.25, 0.3) is 10.8 Å². The highest BCUT2D eigenvalue weighted by atomic mass is 16.5. The topological polar surface area (TPSA) is 63.5 Å². The van der Waals surface area contributed by atoms with Crippen molar-refractivity contribution in [3.05, 3.63) is 90.0 Å². The van der Waals surface area contributed by atoms with Gasteiger partial charge in [0.1, 0.15) is 28.7 Å². The molecule has 4 aromatic carbocycles. The number of hydrogen-bond acceptors (Lipinski definition) is 6. The molecule has 0 spiro atoms. The Labute approximate surface area is 198 Å². The minimum absolute atomic E-state index is 0.152. The standard InChI is InChI=1S/C28H26N2O4/c1-32-20-14-19(15-21(16-20)33-2)26-17-24(29-30(26)25-10-6-7-11-27(25)34-3)23-13-12-18-8-4-5-9-22(18)28(23)31/h4-16,26,31H,17H2,1-3H3. The highest BCUT2D eigenvalue weighted by Crippen LogP contribution is 2.43. The lowest BCUT2D eigenvalue weighted by Gasteiger charge is -2.26. The zero-order chi connectivity index (χ0) is 23.7. The van der Waals surface area contributed by atoms with Gasteiger partial charge in [0.25, 0.3) is 0 Å². The van der Waals surface area contributed by atoms with Crippen LogP contribution in [-0.2, 0) is 0 Å². The van der Waals surface area contributed by atoms with Crippen molar-refractivity contribution in [3.63, 3.8) is 0 Å². The van der Waals surface area contributed by atoms with E-state index in [4.69, 9.17) is 19.3 Å². The molecular weight excluding hydrogens is 428 g/mol. The number of hydrazone groups is 1. The van der Waals surface area contributed by atoms with Crippen molar-refractivity contribution in [3.8, 4) is 23.0 Å². The van der Waals surface area contributed by atoms with Gasteiger partial charge >= 0.3 is 0 Å². The number of anilines is 1. The fraction of sp³-hybridized carbons (Fsp3) is 0.179. The van der Waals surface area contributed by atoms with Crippen LogP contribution < -0.4 is 19.2 Å². The molecule has 172 valence electrons. The number of rotatable bonds is 6. The second-order valence-corrected chi connectivity index (χ2v) is 8.11. The van der Waals surface area contributed by atoms with Gasteiger partial charge in [-0.3, -0.25) is 5.01 Å². The predicted molar refractivity (Wildman–Crippen MR) is 135 cm³/mol. The molecule has 1 unspecified atom stereocenters. The third-order valence-corrected chi connectivity index (χ3v) is 6.21. The van der Waals surface area contributed by atoms with E-state index in [9.17, 15) is 5.11 Å². The number of nitrogens with zero attached hydrogens (tertiary/aromatic N) is 2. The van der Waals surface area contributed by atoms with E-state index in [1.54, 1.807) is 21.3 Å². The lowest BCUT2D eigenvalue weighted by Crippen LogP contribution is -2.19. The van der Waals surface area contributed by atoms with Gasteiger partial charge in [0.15, 0.2) is 0 Å². The van der Waals surface area contributed by atoms with E-state index in [0.717, 1.165) is 39.0 Å². The van der Waals surface area contributed by atoms with Crippen LogP contribution in [0.4, 0.5) is 5.69 Å². The summed E-state index contributed by atoms with van der Waals surface area (Å²) in [5.74, 6) is 2.36. The molecule has 1 aliphatic heterocycles. The first-order valence-corrected chi connectivity index (χ1v) is 11.1. The monoisotopic (exact) mass is 454 g/mol. The number of aromatic hydroxyl groups is 1. The van der Waals surface area contributed by atoms with Crippen molar-refractivity contribution < 1.29 is 19.3 Å². The average Bonchev–Trinajstić information content (AvgIpc) is 3.33. The van der Waals surface area contributed by atoms with Gasteiger partial charge in [-0.25, -0.2) is 0 Å². The van der Waals surface area contributed by atoms with Gasteiger partial charge in [-0.05, 0) is 41.3 Å². The number of ether oxygens (including phenoxy) is 3. The molecule has 0 bridgehead atoms. The molecule has 0 radical (unpaired) electrons. The van der Waals surface area contributed by atoms with E-state index in [0.29, 0.717) is 17.9 Å². The Hall–Kier alpha value is -4.19. The van der Waals surface area contributed by atoms with Crippen molar-refractivity contribution in [1.82, 2.24) is 0 Å². The Kier molecular flexibility index (Phi) is 5.72. The van der Waals surface area contributed by atoms with Gasteiger partial charge in [-0.1, -0.05) is 42.5 Å². The van der Waals surface area contributed by atoms with Gasteiger partial charge in [0.2, 0.25) is 0 Å².